The molecule has 176 valence electrons. The predicted molar refractivity (Wildman–Crippen MR) is 141 cm³/mol. The van der Waals surface area contributed by atoms with Crippen molar-refractivity contribution in [2.75, 3.05) is 10.6 Å². The second kappa shape index (κ2) is 11.6. The normalized spacial score (nSPS) is 12.2. The van der Waals surface area contributed by atoms with E-state index in [0.29, 0.717) is 11.4 Å². The SMILES string of the molecule is Cc1ccc(NC(=O)C(C)NC(=O)c2ccccc2OC(C)C(=O)Nc2ccc(I)cc2)cc1. The van der Waals surface area contributed by atoms with E-state index in [4.69, 9.17) is 4.74 Å². The summed E-state index contributed by atoms with van der Waals surface area (Å²) in [6.45, 7) is 5.16. The van der Waals surface area contributed by atoms with E-state index in [1.165, 1.54) is 0 Å². The molecular formula is C26H26IN3O4. The summed E-state index contributed by atoms with van der Waals surface area (Å²) in [4.78, 5) is 37.9. The van der Waals surface area contributed by atoms with Crippen molar-refractivity contribution in [3.05, 3.63) is 87.5 Å². The van der Waals surface area contributed by atoms with Crippen LogP contribution in [0.4, 0.5) is 11.4 Å². The van der Waals surface area contributed by atoms with Crippen LogP contribution < -0.4 is 20.7 Å². The number of hydrogen-bond acceptors (Lipinski definition) is 4. The number of carbonyl (C=O) groups excluding carboxylic acids is 3. The van der Waals surface area contributed by atoms with Gasteiger partial charge in [0.1, 0.15) is 11.8 Å². The van der Waals surface area contributed by atoms with Crippen LogP contribution >= 0.6 is 22.6 Å². The van der Waals surface area contributed by atoms with Gasteiger partial charge in [0.15, 0.2) is 6.10 Å². The van der Waals surface area contributed by atoms with E-state index in [1.54, 1.807) is 62.4 Å². The maximum atomic E-state index is 12.9. The number of benzene rings is 3. The molecule has 3 amide bonds. The molecule has 7 nitrogen and oxygen atoms in total. The fourth-order valence-electron chi connectivity index (χ4n) is 3.01. The lowest BCUT2D eigenvalue weighted by Gasteiger charge is -2.18. The number of ether oxygens (including phenoxy) is 1. The van der Waals surface area contributed by atoms with Gasteiger partial charge in [0, 0.05) is 14.9 Å². The first-order valence-electron chi connectivity index (χ1n) is 10.7. The van der Waals surface area contributed by atoms with E-state index in [1.807, 2.05) is 31.2 Å². The largest absolute Gasteiger partial charge is 0.480 e. The molecule has 8 heteroatoms. The van der Waals surface area contributed by atoms with Crippen molar-refractivity contribution >= 4 is 51.7 Å². The standard InChI is InChI=1S/C26H26IN3O4/c1-16-8-12-20(13-9-16)29-24(31)17(2)28-26(33)22-6-4-5-7-23(22)34-18(3)25(32)30-21-14-10-19(27)11-15-21/h4-15,17-18H,1-3H3,(H,28,33)(H,29,31)(H,30,32). The van der Waals surface area contributed by atoms with Gasteiger partial charge in [-0.05, 0) is 91.9 Å². The molecule has 0 saturated carbocycles. The lowest BCUT2D eigenvalue weighted by Crippen LogP contribution is -2.41. The highest BCUT2D eigenvalue weighted by atomic mass is 127. The second-order valence-corrected chi connectivity index (χ2v) is 9.05. The molecule has 0 saturated heterocycles. The van der Waals surface area contributed by atoms with Crippen LogP contribution in [0, 0.1) is 10.5 Å². The van der Waals surface area contributed by atoms with E-state index in [2.05, 4.69) is 38.5 Å². The molecule has 0 bridgehead atoms. The molecule has 0 aliphatic heterocycles. The summed E-state index contributed by atoms with van der Waals surface area (Å²) < 4.78 is 6.86. The van der Waals surface area contributed by atoms with Crippen LogP contribution in [-0.4, -0.2) is 29.9 Å². The molecular weight excluding hydrogens is 545 g/mol. The van der Waals surface area contributed by atoms with Gasteiger partial charge in [-0.2, -0.15) is 0 Å². The molecule has 0 aliphatic carbocycles. The van der Waals surface area contributed by atoms with Crippen molar-refractivity contribution in [1.82, 2.24) is 5.32 Å². The maximum absolute atomic E-state index is 12.9. The third-order valence-electron chi connectivity index (χ3n) is 4.98. The Morgan fingerprint density at radius 3 is 2.00 bits per heavy atom. The maximum Gasteiger partial charge on any atom is 0.265 e. The first kappa shape index (κ1) is 25.2. The molecule has 2 atom stereocenters. The van der Waals surface area contributed by atoms with Gasteiger partial charge in [0.05, 0.1) is 5.56 Å². The second-order valence-electron chi connectivity index (χ2n) is 7.80. The number of hydrogen-bond donors (Lipinski definition) is 3. The first-order valence-corrected chi connectivity index (χ1v) is 11.8. The summed E-state index contributed by atoms with van der Waals surface area (Å²) in [5.41, 5.74) is 2.61. The van der Waals surface area contributed by atoms with Crippen molar-refractivity contribution in [2.45, 2.75) is 32.9 Å². The number of rotatable bonds is 8. The Kier molecular flexibility index (Phi) is 8.64. The van der Waals surface area contributed by atoms with Crippen molar-refractivity contribution in [3.8, 4) is 5.75 Å². The highest BCUT2D eigenvalue weighted by molar-refractivity contribution is 14.1. The Morgan fingerprint density at radius 1 is 0.794 bits per heavy atom. The van der Waals surface area contributed by atoms with E-state index < -0.39 is 18.1 Å². The fraction of sp³-hybridized carbons (Fsp3) is 0.192. The van der Waals surface area contributed by atoms with Crippen LogP contribution in [0.25, 0.3) is 0 Å². The topological polar surface area (TPSA) is 96.5 Å². The first-order chi connectivity index (χ1) is 16.2. The van der Waals surface area contributed by atoms with Crippen molar-refractivity contribution < 1.29 is 19.1 Å². The molecule has 0 heterocycles. The zero-order valence-corrected chi connectivity index (χ0v) is 21.3. The molecule has 0 fully saturated rings. The Balaban J connectivity index is 1.62. The van der Waals surface area contributed by atoms with Gasteiger partial charge in [0.25, 0.3) is 11.8 Å². The van der Waals surface area contributed by atoms with Crippen LogP contribution in [0.15, 0.2) is 72.8 Å². The Morgan fingerprint density at radius 2 is 1.35 bits per heavy atom. The molecule has 0 radical (unpaired) electrons. The van der Waals surface area contributed by atoms with Gasteiger partial charge in [-0.15, -0.1) is 0 Å². The van der Waals surface area contributed by atoms with Gasteiger partial charge < -0.3 is 20.7 Å². The van der Waals surface area contributed by atoms with E-state index in [0.717, 1.165) is 9.13 Å². The minimum atomic E-state index is -0.851. The molecule has 34 heavy (non-hydrogen) atoms. The van der Waals surface area contributed by atoms with Crippen LogP contribution in [-0.2, 0) is 9.59 Å². The van der Waals surface area contributed by atoms with Gasteiger partial charge >= 0.3 is 0 Å². The monoisotopic (exact) mass is 571 g/mol. The number of anilines is 2. The molecule has 3 aromatic rings. The summed E-state index contributed by atoms with van der Waals surface area (Å²) >= 11 is 2.19. The number of para-hydroxylation sites is 1. The Bertz CT molecular complexity index is 1160. The van der Waals surface area contributed by atoms with Gasteiger partial charge in [-0.25, -0.2) is 0 Å². The van der Waals surface area contributed by atoms with Crippen molar-refractivity contribution in [1.29, 1.82) is 0 Å². The number of nitrogens with one attached hydrogen (secondary N) is 3. The third-order valence-corrected chi connectivity index (χ3v) is 5.70. The minimum absolute atomic E-state index is 0.228. The minimum Gasteiger partial charge on any atom is -0.480 e. The summed E-state index contributed by atoms with van der Waals surface area (Å²) in [6.07, 6.45) is -0.851. The fourth-order valence-corrected chi connectivity index (χ4v) is 3.37. The van der Waals surface area contributed by atoms with E-state index in [-0.39, 0.29) is 23.1 Å². The Labute approximate surface area is 212 Å². The summed E-state index contributed by atoms with van der Waals surface area (Å²) in [6, 6.07) is 20.6. The third kappa shape index (κ3) is 7.05. The molecule has 3 aromatic carbocycles. The van der Waals surface area contributed by atoms with Crippen molar-refractivity contribution in [3.63, 3.8) is 0 Å². The average molecular weight is 571 g/mol. The number of halogens is 1. The summed E-state index contributed by atoms with van der Waals surface area (Å²) in [5.74, 6) is -0.924. The molecule has 2 unspecified atom stereocenters. The van der Waals surface area contributed by atoms with Crippen LogP contribution in [0.1, 0.15) is 29.8 Å². The van der Waals surface area contributed by atoms with Gasteiger partial charge in [-0.3, -0.25) is 14.4 Å². The quantitative estimate of drug-likeness (QED) is 0.340. The number of aryl methyl sites for hydroxylation is 1. The zero-order valence-electron chi connectivity index (χ0n) is 19.1. The average Bonchev–Trinajstić information content (AvgIpc) is 2.82. The summed E-state index contributed by atoms with van der Waals surface area (Å²) in [5, 5.41) is 8.25. The lowest BCUT2D eigenvalue weighted by molar-refractivity contribution is -0.122. The Hall–Kier alpha value is -3.40. The van der Waals surface area contributed by atoms with Crippen LogP contribution in [0.3, 0.4) is 0 Å². The predicted octanol–water partition coefficient (Wildman–Crippen LogP) is 4.76. The van der Waals surface area contributed by atoms with Crippen LogP contribution in [0.2, 0.25) is 0 Å². The van der Waals surface area contributed by atoms with Crippen molar-refractivity contribution in [2.24, 2.45) is 0 Å². The molecule has 0 aromatic heterocycles. The highest BCUT2D eigenvalue weighted by Gasteiger charge is 2.22. The number of carbonyl (C=O) groups is 3. The molecule has 0 spiro atoms. The number of amides is 3. The van der Waals surface area contributed by atoms with Gasteiger partial charge in [-0.1, -0.05) is 29.8 Å². The molecule has 3 N–H and O–H groups in total. The summed E-state index contributed by atoms with van der Waals surface area (Å²) in [7, 11) is 0. The molecule has 3 rings (SSSR count). The highest BCUT2D eigenvalue weighted by Crippen LogP contribution is 2.20. The smallest absolute Gasteiger partial charge is 0.265 e. The van der Waals surface area contributed by atoms with Crippen LogP contribution in [0.5, 0.6) is 5.75 Å². The lowest BCUT2D eigenvalue weighted by atomic mass is 10.1. The van der Waals surface area contributed by atoms with E-state index in [9.17, 15) is 14.4 Å². The van der Waals surface area contributed by atoms with E-state index >= 15 is 0 Å². The zero-order chi connectivity index (χ0) is 24.7. The van der Waals surface area contributed by atoms with Gasteiger partial charge in [0.2, 0.25) is 5.91 Å². The molecule has 0 aliphatic rings.